The highest BCUT2D eigenvalue weighted by atomic mass is 19.4. The Morgan fingerprint density at radius 3 is 2.35 bits per heavy atom. The summed E-state index contributed by atoms with van der Waals surface area (Å²) in [4.78, 5) is 8.80. The molecule has 0 aromatic carbocycles. The zero-order chi connectivity index (χ0) is 15.0. The molecule has 1 aliphatic rings. The maximum atomic E-state index is 12.8. The van der Waals surface area contributed by atoms with E-state index in [0.717, 1.165) is 12.8 Å². The van der Waals surface area contributed by atoms with Crippen LogP contribution in [-0.4, -0.2) is 23.1 Å². The summed E-state index contributed by atoms with van der Waals surface area (Å²) in [5.41, 5.74) is 2.37. The van der Waals surface area contributed by atoms with Gasteiger partial charge in [0.1, 0.15) is 11.6 Å². The van der Waals surface area contributed by atoms with Crippen molar-refractivity contribution < 1.29 is 13.2 Å². The van der Waals surface area contributed by atoms with Gasteiger partial charge in [0.15, 0.2) is 0 Å². The third-order valence-electron chi connectivity index (χ3n) is 3.56. The van der Waals surface area contributed by atoms with Crippen LogP contribution in [0.2, 0.25) is 0 Å². The first-order chi connectivity index (χ1) is 9.21. The second kappa shape index (κ2) is 5.08. The second-order valence-corrected chi connectivity index (χ2v) is 5.73. The van der Waals surface area contributed by atoms with E-state index >= 15 is 0 Å². The molecule has 5 nitrogen and oxygen atoms in total. The second-order valence-electron chi connectivity index (χ2n) is 5.73. The number of nitrogen functional groups attached to an aromatic ring is 1. The molecule has 3 N–H and O–H groups in total. The van der Waals surface area contributed by atoms with Gasteiger partial charge in [-0.1, -0.05) is 13.8 Å². The lowest BCUT2D eigenvalue weighted by molar-refractivity contribution is -0.144. The van der Waals surface area contributed by atoms with Crippen LogP contribution in [0.1, 0.15) is 32.5 Å². The van der Waals surface area contributed by atoms with E-state index in [2.05, 4.69) is 29.2 Å². The van der Waals surface area contributed by atoms with Crippen LogP contribution < -0.4 is 16.2 Å². The molecule has 0 amide bonds. The van der Waals surface area contributed by atoms with E-state index in [9.17, 15) is 13.2 Å². The Morgan fingerprint density at radius 1 is 1.25 bits per heavy atom. The van der Waals surface area contributed by atoms with Gasteiger partial charge in [-0.05, 0) is 18.3 Å². The predicted octanol–water partition coefficient (Wildman–Crippen LogP) is 2.41. The Kier molecular flexibility index (Phi) is 3.77. The maximum absolute atomic E-state index is 12.8. The summed E-state index contributed by atoms with van der Waals surface area (Å²) in [6.45, 7) is 5.65. The molecular weight excluding hydrogens is 271 g/mol. The highest BCUT2D eigenvalue weighted by Crippen LogP contribution is 2.33. The van der Waals surface area contributed by atoms with E-state index in [1.807, 2.05) is 4.90 Å². The molecule has 1 aliphatic heterocycles. The fourth-order valence-corrected chi connectivity index (χ4v) is 2.14. The predicted molar refractivity (Wildman–Crippen MR) is 70.1 cm³/mol. The van der Waals surface area contributed by atoms with Crippen molar-refractivity contribution in [2.24, 2.45) is 11.3 Å². The van der Waals surface area contributed by atoms with Crippen molar-refractivity contribution in [3.8, 4) is 0 Å². The summed E-state index contributed by atoms with van der Waals surface area (Å²) in [5.74, 6) is 4.23. The first kappa shape index (κ1) is 14.8. The van der Waals surface area contributed by atoms with Crippen molar-refractivity contribution in [1.29, 1.82) is 0 Å². The Bertz CT molecular complexity index is 476. The standard InChI is InChI=1S/C12H18F3N5/c1-11(2)3-5-20(6-4-11)9-7-8(19-16)17-10(18-9)12(13,14)15/h7H,3-6,16H2,1-2H3,(H,17,18,19). The SMILES string of the molecule is CC1(C)CCN(c2cc(NN)nc(C(F)(F)F)n2)CC1. The fourth-order valence-electron chi connectivity index (χ4n) is 2.14. The number of rotatable bonds is 2. The zero-order valence-corrected chi connectivity index (χ0v) is 11.5. The number of nitrogens with one attached hydrogen (secondary N) is 1. The molecule has 8 heteroatoms. The summed E-state index contributed by atoms with van der Waals surface area (Å²) in [6.07, 6.45) is -2.77. The van der Waals surface area contributed by atoms with Gasteiger partial charge in [0.2, 0.25) is 5.82 Å². The summed E-state index contributed by atoms with van der Waals surface area (Å²) < 4.78 is 38.3. The van der Waals surface area contributed by atoms with Crippen molar-refractivity contribution in [2.75, 3.05) is 23.4 Å². The number of hydrogen-bond acceptors (Lipinski definition) is 5. The Morgan fingerprint density at radius 2 is 1.85 bits per heavy atom. The number of aromatic nitrogens is 2. The molecule has 0 radical (unpaired) electrons. The number of alkyl halides is 3. The summed E-state index contributed by atoms with van der Waals surface area (Å²) in [5, 5.41) is 0. The smallest absolute Gasteiger partial charge is 0.356 e. The van der Waals surface area contributed by atoms with E-state index in [1.54, 1.807) is 0 Å². The minimum atomic E-state index is -4.59. The van der Waals surface area contributed by atoms with E-state index in [0.29, 0.717) is 13.1 Å². The Hall–Kier alpha value is -1.57. The van der Waals surface area contributed by atoms with Crippen LogP contribution in [0.15, 0.2) is 6.07 Å². The van der Waals surface area contributed by atoms with Crippen molar-refractivity contribution in [1.82, 2.24) is 9.97 Å². The van der Waals surface area contributed by atoms with Gasteiger partial charge in [-0.2, -0.15) is 13.2 Å². The lowest BCUT2D eigenvalue weighted by Gasteiger charge is -2.37. The molecule has 1 aromatic rings. The van der Waals surface area contributed by atoms with Gasteiger partial charge < -0.3 is 10.3 Å². The maximum Gasteiger partial charge on any atom is 0.451 e. The number of nitrogens with two attached hydrogens (primary N) is 1. The summed E-state index contributed by atoms with van der Waals surface area (Å²) >= 11 is 0. The molecule has 1 saturated heterocycles. The van der Waals surface area contributed by atoms with Crippen LogP contribution in [-0.2, 0) is 6.18 Å². The molecule has 2 rings (SSSR count). The Balaban J connectivity index is 2.28. The lowest BCUT2D eigenvalue weighted by Crippen LogP contribution is -2.38. The van der Waals surface area contributed by atoms with Crippen LogP contribution in [0, 0.1) is 5.41 Å². The Labute approximate surface area is 115 Å². The van der Waals surface area contributed by atoms with Gasteiger partial charge in [-0.15, -0.1) is 0 Å². The van der Waals surface area contributed by atoms with Crippen molar-refractivity contribution in [2.45, 2.75) is 32.9 Å². The van der Waals surface area contributed by atoms with E-state index in [4.69, 9.17) is 5.84 Å². The third kappa shape index (κ3) is 3.30. The van der Waals surface area contributed by atoms with Crippen molar-refractivity contribution >= 4 is 11.6 Å². The molecule has 0 bridgehead atoms. The molecule has 112 valence electrons. The van der Waals surface area contributed by atoms with Gasteiger partial charge in [0, 0.05) is 19.2 Å². The number of nitrogens with zero attached hydrogens (tertiary/aromatic N) is 3. The van der Waals surface area contributed by atoms with Crippen LogP contribution in [0.4, 0.5) is 24.8 Å². The molecule has 0 atom stereocenters. The summed E-state index contributed by atoms with van der Waals surface area (Å²) in [6, 6.07) is 1.44. The minimum Gasteiger partial charge on any atom is -0.356 e. The molecular formula is C12H18F3N5. The molecule has 0 unspecified atom stereocenters. The van der Waals surface area contributed by atoms with Gasteiger partial charge >= 0.3 is 6.18 Å². The van der Waals surface area contributed by atoms with E-state index < -0.39 is 12.0 Å². The normalized spacial score (nSPS) is 19.0. The number of hydrazine groups is 1. The lowest BCUT2D eigenvalue weighted by atomic mass is 9.83. The number of anilines is 2. The average Bonchev–Trinajstić information content (AvgIpc) is 2.37. The van der Waals surface area contributed by atoms with E-state index in [1.165, 1.54) is 6.07 Å². The van der Waals surface area contributed by atoms with Gasteiger partial charge in [0.25, 0.3) is 0 Å². The van der Waals surface area contributed by atoms with Crippen LogP contribution >= 0.6 is 0 Å². The average molecular weight is 289 g/mol. The molecule has 2 heterocycles. The van der Waals surface area contributed by atoms with Crippen LogP contribution in [0.3, 0.4) is 0 Å². The van der Waals surface area contributed by atoms with Crippen molar-refractivity contribution in [3.05, 3.63) is 11.9 Å². The quantitative estimate of drug-likeness (QED) is 0.646. The zero-order valence-electron chi connectivity index (χ0n) is 11.5. The number of piperidine rings is 1. The van der Waals surface area contributed by atoms with Gasteiger partial charge in [-0.3, -0.25) is 0 Å². The largest absolute Gasteiger partial charge is 0.451 e. The monoisotopic (exact) mass is 289 g/mol. The molecule has 0 aliphatic carbocycles. The van der Waals surface area contributed by atoms with Crippen molar-refractivity contribution in [3.63, 3.8) is 0 Å². The molecule has 1 fully saturated rings. The fraction of sp³-hybridized carbons (Fsp3) is 0.667. The van der Waals surface area contributed by atoms with E-state index in [-0.39, 0.29) is 17.1 Å². The van der Waals surface area contributed by atoms with Crippen LogP contribution in [0.5, 0.6) is 0 Å². The number of hydrogen-bond donors (Lipinski definition) is 2. The van der Waals surface area contributed by atoms with Gasteiger partial charge in [-0.25, -0.2) is 15.8 Å². The molecule has 0 spiro atoms. The topological polar surface area (TPSA) is 67.1 Å². The highest BCUT2D eigenvalue weighted by molar-refractivity contribution is 5.49. The first-order valence-corrected chi connectivity index (χ1v) is 6.39. The van der Waals surface area contributed by atoms with Gasteiger partial charge in [0.05, 0.1) is 0 Å². The third-order valence-corrected chi connectivity index (χ3v) is 3.56. The first-order valence-electron chi connectivity index (χ1n) is 6.39. The minimum absolute atomic E-state index is 0.0350. The highest BCUT2D eigenvalue weighted by Gasteiger charge is 2.36. The molecule has 20 heavy (non-hydrogen) atoms. The molecule has 1 aromatic heterocycles. The van der Waals surface area contributed by atoms with Crippen LogP contribution in [0.25, 0.3) is 0 Å². The number of halogens is 3. The summed E-state index contributed by atoms with van der Waals surface area (Å²) in [7, 11) is 0. The molecule has 0 saturated carbocycles.